The summed E-state index contributed by atoms with van der Waals surface area (Å²) in [7, 11) is 0. The van der Waals surface area contributed by atoms with Crippen LogP contribution in [-0.2, 0) is 0 Å². The van der Waals surface area contributed by atoms with Crippen molar-refractivity contribution in [3.63, 3.8) is 0 Å². The first-order valence-electron chi connectivity index (χ1n) is 6.31. The number of hydrogen-bond donors (Lipinski definition) is 0. The minimum atomic E-state index is 0. The molecule has 110 valence electrons. The van der Waals surface area contributed by atoms with Gasteiger partial charge in [-0.3, -0.25) is 0 Å². The highest BCUT2D eigenvalue weighted by Gasteiger charge is 1.56. The van der Waals surface area contributed by atoms with Gasteiger partial charge in [0.05, 0.1) is 0 Å². The highest BCUT2D eigenvalue weighted by atomic mass is 13.6. The first-order chi connectivity index (χ1) is 7.74. The molecule has 0 nitrogen and oxygen atoms in total. The molecule has 0 rings (SSSR count). The second-order valence-corrected chi connectivity index (χ2v) is 2.12. The van der Waals surface area contributed by atoms with Crippen LogP contribution >= 0.6 is 0 Å². The van der Waals surface area contributed by atoms with E-state index in [1.54, 1.807) is 6.08 Å². The third-order valence-electron chi connectivity index (χ3n) is 0.500. The smallest absolute Gasteiger partial charge is 0.0473 e. The Bertz CT molecular complexity index is 42.0. The molecule has 0 amide bonds. The van der Waals surface area contributed by atoms with Crippen molar-refractivity contribution in [3.8, 4) is 0 Å². The van der Waals surface area contributed by atoms with Crippen LogP contribution in [0.15, 0.2) is 39.0 Å². The maximum atomic E-state index is 3.36. The van der Waals surface area contributed by atoms with E-state index in [0.29, 0.717) is 0 Å². The van der Waals surface area contributed by atoms with Crippen molar-refractivity contribution < 1.29 is 0 Å². The van der Waals surface area contributed by atoms with E-state index in [-0.39, 0.29) is 7.43 Å². The lowest BCUT2D eigenvalue weighted by Gasteiger charge is -1.68. The molecule has 0 heterocycles. The van der Waals surface area contributed by atoms with Crippen LogP contribution in [-0.4, -0.2) is 0 Å². The van der Waals surface area contributed by atoms with Crippen molar-refractivity contribution in [2.75, 3.05) is 0 Å². The Morgan fingerprint density at radius 2 is 0.824 bits per heavy atom. The van der Waals surface area contributed by atoms with Crippen molar-refractivity contribution in [3.05, 3.63) is 39.0 Å². The minimum Gasteiger partial charge on any atom is -0.106 e. The molecule has 0 aliphatic heterocycles. The predicted octanol–water partition coefficient (Wildman–Crippen LogP) is 7.68. The van der Waals surface area contributed by atoms with E-state index in [9.17, 15) is 0 Å². The van der Waals surface area contributed by atoms with Crippen LogP contribution in [0.25, 0.3) is 0 Å². The maximum Gasteiger partial charge on any atom is -0.0473 e. The van der Waals surface area contributed by atoms with Gasteiger partial charge in [0, 0.05) is 0 Å². The van der Waals surface area contributed by atoms with E-state index in [0.717, 1.165) is 0 Å². The second kappa shape index (κ2) is 297. The fraction of sp³-hybridized carbons (Fsp3) is 0.647. The monoisotopic (exact) mass is 246 g/mol. The SMILES string of the molecule is C.C=C.C=C.C=CC.CC.CCC.CCCC. The van der Waals surface area contributed by atoms with E-state index >= 15 is 0 Å². The molecule has 0 N–H and O–H groups in total. The van der Waals surface area contributed by atoms with E-state index in [1.165, 1.54) is 19.3 Å². The molecular formula is C17H42. The van der Waals surface area contributed by atoms with E-state index in [4.69, 9.17) is 0 Å². The quantitative estimate of drug-likeness (QED) is 0.416. The zero-order valence-corrected chi connectivity index (χ0v) is 13.2. The molecule has 0 radical (unpaired) electrons. The fourth-order valence-corrected chi connectivity index (χ4v) is 0. The van der Waals surface area contributed by atoms with Crippen molar-refractivity contribution in [2.24, 2.45) is 0 Å². The zero-order chi connectivity index (χ0) is 14.8. The fourth-order valence-electron chi connectivity index (χ4n) is 0. The molecule has 0 aliphatic carbocycles. The topological polar surface area (TPSA) is 0 Å². The molecule has 0 fully saturated rings. The Balaban J connectivity index is -0.0000000143. The van der Waals surface area contributed by atoms with Gasteiger partial charge in [-0.15, -0.1) is 32.9 Å². The molecule has 0 aromatic carbocycles. The van der Waals surface area contributed by atoms with Crippen molar-refractivity contribution in [1.82, 2.24) is 0 Å². The van der Waals surface area contributed by atoms with Gasteiger partial charge in [-0.05, 0) is 6.92 Å². The molecule has 0 atom stereocenters. The highest BCUT2D eigenvalue weighted by Crippen LogP contribution is 1.76. The lowest BCUT2D eigenvalue weighted by atomic mass is 10.4. The summed E-state index contributed by atoms with van der Waals surface area (Å²) in [6.45, 7) is 29.9. The van der Waals surface area contributed by atoms with Crippen LogP contribution in [0.1, 0.15) is 75.2 Å². The summed E-state index contributed by atoms with van der Waals surface area (Å²) >= 11 is 0. The van der Waals surface area contributed by atoms with Gasteiger partial charge in [0.25, 0.3) is 0 Å². The van der Waals surface area contributed by atoms with Crippen molar-refractivity contribution >= 4 is 0 Å². The summed E-state index contributed by atoms with van der Waals surface area (Å²) in [6, 6.07) is 0. The number of unbranched alkanes of at least 4 members (excludes halogenated alkanes) is 1. The Kier molecular flexibility index (Phi) is 772. The summed E-state index contributed by atoms with van der Waals surface area (Å²) < 4.78 is 0. The lowest BCUT2D eigenvalue weighted by molar-refractivity contribution is 0.886. The summed E-state index contributed by atoms with van der Waals surface area (Å²) in [4.78, 5) is 0. The van der Waals surface area contributed by atoms with Gasteiger partial charge in [-0.2, -0.15) is 0 Å². The molecule has 0 saturated carbocycles. The van der Waals surface area contributed by atoms with Crippen molar-refractivity contribution in [1.29, 1.82) is 0 Å². The molecule has 17 heavy (non-hydrogen) atoms. The number of allylic oxidation sites excluding steroid dienone is 1. The van der Waals surface area contributed by atoms with Gasteiger partial charge in [0.2, 0.25) is 0 Å². The van der Waals surface area contributed by atoms with Crippen LogP contribution in [0.5, 0.6) is 0 Å². The Labute approximate surface area is 115 Å². The molecule has 0 heteroatoms. The number of hydrogen-bond acceptors (Lipinski definition) is 0. The van der Waals surface area contributed by atoms with Gasteiger partial charge in [-0.25, -0.2) is 0 Å². The Morgan fingerprint density at radius 1 is 0.765 bits per heavy atom. The van der Waals surface area contributed by atoms with Crippen LogP contribution in [0.3, 0.4) is 0 Å². The maximum absolute atomic E-state index is 3.36. The van der Waals surface area contributed by atoms with Crippen LogP contribution < -0.4 is 0 Å². The van der Waals surface area contributed by atoms with E-state index in [2.05, 4.69) is 60.6 Å². The van der Waals surface area contributed by atoms with Crippen LogP contribution in [0, 0.1) is 0 Å². The average molecular weight is 247 g/mol. The molecule has 0 unspecified atom stereocenters. The highest BCUT2D eigenvalue weighted by molar-refractivity contribution is 4.51. The summed E-state index contributed by atoms with van der Waals surface area (Å²) in [5.41, 5.74) is 0. The van der Waals surface area contributed by atoms with E-state index < -0.39 is 0 Å². The first-order valence-corrected chi connectivity index (χ1v) is 6.31. The normalized spacial score (nSPS) is 4.41. The molecule has 0 aliphatic rings. The van der Waals surface area contributed by atoms with Crippen LogP contribution in [0.2, 0.25) is 0 Å². The molecular weight excluding hydrogens is 204 g/mol. The minimum absolute atomic E-state index is 0. The van der Waals surface area contributed by atoms with Crippen molar-refractivity contribution in [2.45, 2.75) is 75.2 Å². The Morgan fingerprint density at radius 3 is 0.824 bits per heavy atom. The summed E-state index contributed by atoms with van der Waals surface area (Å²) in [5.74, 6) is 0. The van der Waals surface area contributed by atoms with E-state index in [1.807, 2.05) is 20.8 Å². The van der Waals surface area contributed by atoms with Crippen LogP contribution in [0.4, 0.5) is 0 Å². The third-order valence-corrected chi connectivity index (χ3v) is 0.500. The molecule has 0 bridgehead atoms. The summed E-state index contributed by atoms with van der Waals surface area (Å²) in [6.07, 6.45) is 5.64. The number of rotatable bonds is 1. The zero-order valence-electron chi connectivity index (χ0n) is 13.2. The lowest BCUT2D eigenvalue weighted by Crippen LogP contribution is -1.47. The summed E-state index contributed by atoms with van der Waals surface area (Å²) in [5, 5.41) is 0. The van der Waals surface area contributed by atoms with Gasteiger partial charge >= 0.3 is 0 Å². The molecule has 0 aromatic heterocycles. The standard InChI is InChI=1S/C4H10.C3H8.C3H6.C2H6.2C2H4.CH4/c1-3-4-2;2*1-3-2;3*1-2;/h3-4H2,1-2H3;3H2,1-2H3;3H,1H2,2H3;1-2H3;2*1-2H2;1H4. The Hall–Kier alpha value is -0.780. The predicted molar refractivity (Wildman–Crippen MR) is 93.0 cm³/mol. The molecule has 0 spiro atoms. The molecule has 0 aromatic rings. The largest absolute Gasteiger partial charge is 0.106 e. The first kappa shape index (κ1) is 44.2. The third kappa shape index (κ3) is 55000. The van der Waals surface area contributed by atoms with Gasteiger partial charge in [0.1, 0.15) is 0 Å². The van der Waals surface area contributed by atoms with Gasteiger partial charge in [0.15, 0.2) is 0 Å². The van der Waals surface area contributed by atoms with Gasteiger partial charge in [-0.1, -0.05) is 74.3 Å². The van der Waals surface area contributed by atoms with Gasteiger partial charge < -0.3 is 0 Å². The second-order valence-electron chi connectivity index (χ2n) is 2.12. The molecule has 0 saturated heterocycles. The average Bonchev–Trinajstić information content (AvgIpc) is 2.38.